The highest BCUT2D eigenvalue weighted by molar-refractivity contribution is 5.74. The number of anilines is 2. The highest BCUT2D eigenvalue weighted by Crippen LogP contribution is 2.24. The molecular weight excluding hydrogens is 246 g/mol. The number of rotatable bonds is 5. The van der Waals surface area contributed by atoms with Crippen LogP contribution in [0.5, 0.6) is 5.88 Å². The van der Waals surface area contributed by atoms with Gasteiger partial charge < -0.3 is 20.5 Å². The molecule has 1 rings (SSSR count). The van der Waals surface area contributed by atoms with Crippen molar-refractivity contribution in [3.05, 3.63) is 12.1 Å². The molecule has 0 saturated carbocycles. The molecule has 0 fully saturated rings. The van der Waals surface area contributed by atoms with Gasteiger partial charge >= 0.3 is 5.97 Å². The van der Waals surface area contributed by atoms with Crippen LogP contribution in [0, 0.1) is 0 Å². The molecule has 0 saturated heterocycles. The molecule has 0 aliphatic heterocycles. The third-order valence-corrected chi connectivity index (χ3v) is 2.01. The van der Waals surface area contributed by atoms with E-state index in [-0.39, 0.29) is 18.1 Å². The van der Waals surface area contributed by atoms with E-state index in [1.54, 1.807) is 19.1 Å². The minimum atomic E-state index is -0.388. The Morgan fingerprint density at radius 3 is 2.68 bits per heavy atom. The molecule has 1 aromatic heterocycles. The number of nitrogens with two attached hydrogens (primary N) is 1. The smallest absolute Gasteiger partial charge is 0.325 e. The number of nitrogens with one attached hydrogen (secondary N) is 1. The van der Waals surface area contributed by atoms with Crippen LogP contribution in [-0.2, 0) is 9.53 Å². The maximum Gasteiger partial charge on any atom is 0.325 e. The first-order valence-corrected chi connectivity index (χ1v) is 6.17. The lowest BCUT2D eigenvalue weighted by Crippen LogP contribution is -2.24. The van der Waals surface area contributed by atoms with Crippen LogP contribution in [0.25, 0.3) is 0 Å². The molecule has 6 nitrogen and oxygen atoms in total. The van der Waals surface area contributed by atoms with Gasteiger partial charge in [0.2, 0.25) is 5.88 Å². The zero-order valence-corrected chi connectivity index (χ0v) is 11.8. The molecule has 0 radical (unpaired) electrons. The van der Waals surface area contributed by atoms with Crippen molar-refractivity contribution in [3.8, 4) is 5.88 Å². The summed E-state index contributed by atoms with van der Waals surface area (Å²) in [4.78, 5) is 15.5. The van der Waals surface area contributed by atoms with Crippen molar-refractivity contribution < 1.29 is 14.3 Å². The van der Waals surface area contributed by atoms with Gasteiger partial charge in [0.15, 0.2) is 0 Å². The Kier molecular flexibility index (Phi) is 4.97. The second kappa shape index (κ2) is 6.26. The molecule has 1 aromatic rings. The standard InChI is InChI=1S/C13H21N3O3/c1-5-18-11(17)8-15-10-7-6-9(14)12(16-10)19-13(2,3)4/h6-7H,5,8,14H2,1-4H3,(H,15,16). The van der Waals surface area contributed by atoms with Gasteiger partial charge in [-0.2, -0.15) is 4.98 Å². The van der Waals surface area contributed by atoms with Gasteiger partial charge in [-0.05, 0) is 39.8 Å². The maximum absolute atomic E-state index is 11.2. The zero-order chi connectivity index (χ0) is 14.5. The molecule has 0 atom stereocenters. The summed E-state index contributed by atoms with van der Waals surface area (Å²) in [6.45, 7) is 7.90. The summed E-state index contributed by atoms with van der Waals surface area (Å²) in [5.74, 6) is 0.530. The van der Waals surface area contributed by atoms with Crippen LogP contribution in [0.4, 0.5) is 11.5 Å². The van der Waals surface area contributed by atoms with Crippen LogP contribution in [0.3, 0.4) is 0 Å². The fraction of sp³-hybridized carbons (Fsp3) is 0.538. The quantitative estimate of drug-likeness (QED) is 0.791. The van der Waals surface area contributed by atoms with Gasteiger partial charge in [-0.3, -0.25) is 4.79 Å². The summed E-state index contributed by atoms with van der Waals surface area (Å²) in [6.07, 6.45) is 0. The molecule has 0 aliphatic carbocycles. The van der Waals surface area contributed by atoms with Crippen LogP contribution in [0.15, 0.2) is 12.1 Å². The predicted molar refractivity (Wildman–Crippen MR) is 74.2 cm³/mol. The number of pyridine rings is 1. The molecule has 0 amide bonds. The Morgan fingerprint density at radius 1 is 1.42 bits per heavy atom. The van der Waals surface area contributed by atoms with E-state index in [4.69, 9.17) is 15.2 Å². The maximum atomic E-state index is 11.2. The van der Waals surface area contributed by atoms with E-state index in [9.17, 15) is 4.79 Å². The zero-order valence-electron chi connectivity index (χ0n) is 11.8. The largest absolute Gasteiger partial charge is 0.470 e. The number of aromatic nitrogens is 1. The van der Waals surface area contributed by atoms with Gasteiger partial charge in [-0.1, -0.05) is 0 Å². The van der Waals surface area contributed by atoms with Crippen molar-refractivity contribution >= 4 is 17.5 Å². The van der Waals surface area contributed by atoms with Crippen molar-refractivity contribution in [2.45, 2.75) is 33.3 Å². The second-order valence-electron chi connectivity index (χ2n) is 4.96. The molecule has 0 aromatic carbocycles. The van der Waals surface area contributed by atoms with Gasteiger partial charge in [-0.15, -0.1) is 0 Å². The van der Waals surface area contributed by atoms with Crippen molar-refractivity contribution in [2.24, 2.45) is 0 Å². The molecule has 3 N–H and O–H groups in total. The lowest BCUT2D eigenvalue weighted by Gasteiger charge is -2.21. The number of nitrogen functional groups attached to an aromatic ring is 1. The number of carbonyl (C=O) groups is 1. The first kappa shape index (κ1) is 15.1. The Bertz CT molecular complexity index is 441. The highest BCUT2D eigenvalue weighted by atomic mass is 16.5. The Morgan fingerprint density at radius 2 is 2.11 bits per heavy atom. The fourth-order valence-electron chi connectivity index (χ4n) is 1.30. The lowest BCUT2D eigenvalue weighted by atomic mass is 10.2. The van der Waals surface area contributed by atoms with Gasteiger partial charge in [0, 0.05) is 0 Å². The van der Waals surface area contributed by atoms with E-state index in [0.717, 1.165) is 0 Å². The summed E-state index contributed by atoms with van der Waals surface area (Å²) >= 11 is 0. The van der Waals surface area contributed by atoms with Crippen LogP contribution < -0.4 is 15.8 Å². The molecule has 106 valence electrons. The molecular formula is C13H21N3O3. The van der Waals surface area contributed by atoms with E-state index >= 15 is 0 Å². The Balaban J connectivity index is 2.71. The molecule has 0 aliphatic rings. The molecule has 6 heteroatoms. The number of ether oxygens (including phenoxy) is 2. The summed E-state index contributed by atoms with van der Waals surface area (Å²) < 4.78 is 10.4. The lowest BCUT2D eigenvalue weighted by molar-refractivity contribution is -0.140. The Hall–Kier alpha value is -1.98. The number of nitrogens with zero attached hydrogens (tertiary/aromatic N) is 1. The van der Waals surface area contributed by atoms with Crippen LogP contribution in [-0.4, -0.2) is 29.7 Å². The van der Waals surface area contributed by atoms with E-state index < -0.39 is 0 Å². The Labute approximate surface area is 113 Å². The molecule has 19 heavy (non-hydrogen) atoms. The second-order valence-corrected chi connectivity index (χ2v) is 4.96. The number of carbonyl (C=O) groups excluding carboxylic acids is 1. The number of hydrogen-bond donors (Lipinski definition) is 2. The van der Waals surface area contributed by atoms with E-state index in [2.05, 4.69) is 10.3 Å². The summed E-state index contributed by atoms with van der Waals surface area (Å²) in [6, 6.07) is 3.37. The van der Waals surface area contributed by atoms with Gasteiger partial charge in [-0.25, -0.2) is 0 Å². The first-order valence-electron chi connectivity index (χ1n) is 6.17. The van der Waals surface area contributed by atoms with E-state index in [0.29, 0.717) is 24.0 Å². The molecule has 0 spiro atoms. The third-order valence-electron chi connectivity index (χ3n) is 2.01. The van der Waals surface area contributed by atoms with E-state index in [1.807, 2.05) is 20.8 Å². The van der Waals surface area contributed by atoms with Crippen LogP contribution >= 0.6 is 0 Å². The summed E-state index contributed by atoms with van der Waals surface area (Å²) in [7, 11) is 0. The average molecular weight is 267 g/mol. The topological polar surface area (TPSA) is 86.5 Å². The highest BCUT2D eigenvalue weighted by Gasteiger charge is 2.15. The van der Waals surface area contributed by atoms with Crippen molar-refractivity contribution in [1.29, 1.82) is 0 Å². The summed E-state index contributed by atoms with van der Waals surface area (Å²) in [5, 5.41) is 2.86. The molecule has 0 unspecified atom stereocenters. The minimum absolute atomic E-state index is 0.0553. The normalized spacial score (nSPS) is 10.9. The van der Waals surface area contributed by atoms with E-state index in [1.165, 1.54) is 0 Å². The van der Waals surface area contributed by atoms with Crippen LogP contribution in [0.2, 0.25) is 0 Å². The number of esters is 1. The van der Waals surface area contributed by atoms with Crippen molar-refractivity contribution in [2.75, 3.05) is 24.2 Å². The molecule has 1 heterocycles. The fourth-order valence-corrected chi connectivity index (χ4v) is 1.30. The van der Waals surface area contributed by atoms with Crippen molar-refractivity contribution in [3.63, 3.8) is 0 Å². The van der Waals surface area contributed by atoms with Crippen LogP contribution in [0.1, 0.15) is 27.7 Å². The van der Waals surface area contributed by atoms with Crippen molar-refractivity contribution in [1.82, 2.24) is 4.98 Å². The van der Waals surface area contributed by atoms with Gasteiger partial charge in [0.25, 0.3) is 0 Å². The number of hydrogen-bond acceptors (Lipinski definition) is 6. The third kappa shape index (κ3) is 5.46. The summed E-state index contributed by atoms with van der Waals surface area (Å²) in [5.41, 5.74) is 5.86. The minimum Gasteiger partial charge on any atom is -0.470 e. The monoisotopic (exact) mass is 267 g/mol. The van der Waals surface area contributed by atoms with Gasteiger partial charge in [0.05, 0.1) is 12.3 Å². The first-order chi connectivity index (χ1) is 8.81. The average Bonchev–Trinajstić information content (AvgIpc) is 2.29. The van der Waals surface area contributed by atoms with Gasteiger partial charge in [0.1, 0.15) is 18.0 Å². The molecule has 0 bridgehead atoms. The SMILES string of the molecule is CCOC(=O)CNc1ccc(N)c(OC(C)(C)C)n1. The predicted octanol–water partition coefficient (Wildman–Crippen LogP) is 1.82.